The van der Waals surface area contributed by atoms with Crippen molar-refractivity contribution in [3.05, 3.63) is 200 Å². The van der Waals surface area contributed by atoms with E-state index in [4.69, 9.17) is 0 Å². The number of nitrogens with zero attached hydrogens (tertiary/aromatic N) is 3. The number of aromatic amines is 3. The summed E-state index contributed by atoms with van der Waals surface area (Å²) >= 11 is 0. The highest BCUT2D eigenvalue weighted by atomic mass is 19.1. The van der Waals surface area contributed by atoms with Gasteiger partial charge in [-0.05, 0) is 54.6 Å². The van der Waals surface area contributed by atoms with Gasteiger partial charge in [-0.25, -0.2) is 13.2 Å². The van der Waals surface area contributed by atoms with Crippen LogP contribution in [0, 0.1) is 47.8 Å². The average Bonchev–Trinajstić information content (AvgIpc) is 3.96. The van der Waals surface area contributed by atoms with Crippen LogP contribution >= 0.6 is 0 Å². The van der Waals surface area contributed by atoms with Crippen LogP contribution in [0.3, 0.4) is 0 Å². The second-order valence-electron chi connectivity index (χ2n) is 12.2. The van der Waals surface area contributed by atoms with E-state index in [2.05, 4.69) is 20.3 Å². The minimum Gasteiger partial charge on any atom is -0.357 e. The number of rotatable bonds is 6. The highest BCUT2D eigenvalue weighted by Gasteiger charge is 2.25. The molecule has 13 nitrogen and oxygen atoms in total. The molecular weight excluding hydrogens is 695 g/mol. The van der Waals surface area contributed by atoms with Gasteiger partial charge >= 0.3 is 0 Å². The third-order valence-corrected chi connectivity index (χ3v) is 9.09. The van der Waals surface area contributed by atoms with E-state index in [0.717, 1.165) is 54.6 Å². The molecule has 0 aliphatic carbocycles. The predicted octanol–water partition coefficient (Wildman–Crippen LogP) is 4.51. The van der Waals surface area contributed by atoms with Gasteiger partial charge in [0.25, 0.3) is 17.1 Å². The summed E-state index contributed by atoms with van der Waals surface area (Å²) in [4.78, 5) is 43.0. The maximum Gasteiger partial charge on any atom is 0.270 e. The van der Waals surface area contributed by atoms with E-state index in [9.17, 15) is 30.3 Å². The smallest absolute Gasteiger partial charge is 0.270 e. The Morgan fingerprint density at radius 1 is 0.491 bits per heavy atom. The number of benzene rings is 3. The standard InChI is InChI=1S/C37H22F3N7O6/c38-24-4-1-18(45(48)49)15-21(24)35-29-9-7-27(41-29)28-8-10-30(42-28)36(22-16-19(46(50)51)2-5-25(22)39)32-12-14-34(44-32)37(33-13-11-31(35)43-33)23-17-20(47(52)53)3-6-26(23)40/h1-7,9-17,41-44H,8H2. The minimum atomic E-state index is -0.827. The molecule has 5 heterocycles. The van der Waals surface area contributed by atoms with Gasteiger partial charge in [0.2, 0.25) is 0 Å². The van der Waals surface area contributed by atoms with Gasteiger partial charge in [0.15, 0.2) is 0 Å². The maximum absolute atomic E-state index is 15.8. The molecule has 0 spiro atoms. The molecule has 0 fully saturated rings. The summed E-state index contributed by atoms with van der Waals surface area (Å²) in [5.41, 5.74) is 0.306. The van der Waals surface area contributed by atoms with Crippen LogP contribution in [0.25, 0.3) is 22.4 Å². The van der Waals surface area contributed by atoms with E-state index in [-0.39, 0.29) is 73.3 Å². The molecule has 0 saturated carbocycles. The van der Waals surface area contributed by atoms with Crippen LogP contribution in [0.4, 0.5) is 30.2 Å². The Bertz CT molecular complexity index is 2890. The maximum atomic E-state index is 15.8. The van der Waals surface area contributed by atoms with E-state index in [1.165, 1.54) is 0 Å². The lowest BCUT2D eigenvalue weighted by atomic mass is 10.0. The predicted molar refractivity (Wildman–Crippen MR) is 185 cm³/mol. The molecule has 2 aliphatic rings. The van der Waals surface area contributed by atoms with Crippen molar-refractivity contribution in [2.45, 2.75) is 6.42 Å². The lowest BCUT2D eigenvalue weighted by molar-refractivity contribution is -0.385. The first-order valence-corrected chi connectivity index (χ1v) is 15.8. The Balaban J connectivity index is 1.51. The fourth-order valence-electron chi connectivity index (χ4n) is 6.66. The largest absolute Gasteiger partial charge is 0.357 e. The number of H-pyrrole nitrogens is 3. The number of non-ortho nitro benzene ring substituents is 3. The van der Waals surface area contributed by atoms with E-state index < -0.39 is 37.9 Å². The molecule has 53 heavy (non-hydrogen) atoms. The first kappa shape index (κ1) is 32.7. The van der Waals surface area contributed by atoms with Crippen LogP contribution in [0.1, 0.15) is 34.5 Å². The molecule has 16 heteroatoms. The fraction of sp³-hybridized carbons (Fsp3) is 0.0270. The second kappa shape index (κ2) is 12.4. The highest BCUT2D eigenvalue weighted by Crippen LogP contribution is 2.32. The summed E-state index contributed by atoms with van der Waals surface area (Å²) in [7, 11) is 0. The van der Waals surface area contributed by atoms with Crippen molar-refractivity contribution in [1.29, 1.82) is 0 Å². The molecule has 3 aromatic heterocycles. The van der Waals surface area contributed by atoms with E-state index in [0.29, 0.717) is 22.1 Å². The SMILES string of the molecule is O=[N+]([O-])c1ccc(F)c(C2=c3ccc([nH]3)=C(c3cc([N+](=O)[O-])ccc3F)c3ccc([nH]3)C(c3cc([N+](=O)[O-])ccc3F)=c3ccc([nH]3)=C3CC=C2N3)c1. The monoisotopic (exact) mass is 717 g/mol. The molecule has 4 N–H and O–H groups in total. The molecule has 0 amide bonds. The number of halogens is 3. The number of nitro groups is 3. The Labute approximate surface area is 293 Å². The van der Waals surface area contributed by atoms with Gasteiger partial charge in [0.05, 0.1) is 20.1 Å². The van der Waals surface area contributed by atoms with Gasteiger partial charge in [-0.3, -0.25) is 30.3 Å². The summed E-state index contributed by atoms with van der Waals surface area (Å²) < 4.78 is 47.1. The second-order valence-corrected chi connectivity index (χ2v) is 12.2. The zero-order valence-electron chi connectivity index (χ0n) is 26.9. The van der Waals surface area contributed by atoms with Gasteiger partial charge in [0, 0.05) is 115 Å². The van der Waals surface area contributed by atoms with E-state index >= 15 is 13.2 Å². The molecule has 8 bridgehead atoms. The zero-order chi connectivity index (χ0) is 37.1. The van der Waals surface area contributed by atoms with Gasteiger partial charge < -0.3 is 20.3 Å². The van der Waals surface area contributed by atoms with Crippen LogP contribution in [-0.2, 0) is 0 Å². The van der Waals surface area contributed by atoms with Crippen molar-refractivity contribution < 1.29 is 27.9 Å². The Hall–Kier alpha value is -7.49. The Morgan fingerprint density at radius 3 is 1.34 bits per heavy atom. The number of fused-ring (bicyclic) bond motifs is 8. The van der Waals surface area contributed by atoms with Crippen molar-refractivity contribution in [3.63, 3.8) is 0 Å². The van der Waals surface area contributed by atoms with Crippen molar-refractivity contribution in [3.8, 4) is 0 Å². The number of aromatic nitrogens is 3. The van der Waals surface area contributed by atoms with Crippen LogP contribution in [-0.4, -0.2) is 29.7 Å². The topological polar surface area (TPSA) is 189 Å². The minimum absolute atomic E-state index is 0.0871. The quantitative estimate of drug-likeness (QED) is 0.144. The molecule has 0 saturated heterocycles. The third-order valence-electron chi connectivity index (χ3n) is 9.09. The summed E-state index contributed by atoms with van der Waals surface area (Å²) in [6, 6.07) is 18.8. The van der Waals surface area contributed by atoms with Crippen molar-refractivity contribution in [2.24, 2.45) is 0 Å². The lowest BCUT2D eigenvalue weighted by Crippen LogP contribution is -2.23. The van der Waals surface area contributed by atoms with Crippen LogP contribution in [0.15, 0.2) is 103 Å². The third kappa shape index (κ3) is 5.63. The van der Waals surface area contributed by atoms with Crippen LogP contribution in [0.2, 0.25) is 0 Å². The summed E-state index contributed by atoms with van der Waals surface area (Å²) in [5.74, 6) is -2.36. The van der Waals surface area contributed by atoms with Gasteiger partial charge in [-0.1, -0.05) is 6.08 Å². The Morgan fingerprint density at radius 2 is 0.887 bits per heavy atom. The van der Waals surface area contributed by atoms with Gasteiger partial charge in [0.1, 0.15) is 17.5 Å². The van der Waals surface area contributed by atoms with Crippen LogP contribution < -0.4 is 26.7 Å². The first-order chi connectivity index (χ1) is 25.5. The average molecular weight is 718 g/mol. The fourth-order valence-corrected chi connectivity index (χ4v) is 6.66. The molecular formula is C37H22F3N7O6. The number of hydrogen-bond acceptors (Lipinski definition) is 7. The zero-order valence-corrected chi connectivity index (χ0v) is 26.9. The molecule has 3 aromatic carbocycles. The molecule has 0 radical (unpaired) electrons. The number of hydrogen-bond donors (Lipinski definition) is 4. The molecule has 262 valence electrons. The summed E-state index contributed by atoms with van der Waals surface area (Å²) in [5, 5.41) is 40.0. The molecule has 2 aliphatic heterocycles. The van der Waals surface area contributed by atoms with E-state index in [1.54, 1.807) is 42.5 Å². The van der Waals surface area contributed by atoms with Gasteiger partial charge in [-0.15, -0.1) is 0 Å². The van der Waals surface area contributed by atoms with Crippen molar-refractivity contribution in [1.82, 2.24) is 20.3 Å². The summed E-state index contributed by atoms with van der Waals surface area (Å²) in [6.07, 6.45) is 2.04. The van der Waals surface area contributed by atoms with Crippen molar-refractivity contribution in [2.75, 3.05) is 0 Å². The van der Waals surface area contributed by atoms with Crippen LogP contribution in [0.5, 0.6) is 0 Å². The number of allylic oxidation sites excluding steroid dienone is 1. The Kier molecular flexibility index (Phi) is 7.64. The lowest BCUT2D eigenvalue weighted by Gasteiger charge is -2.12. The highest BCUT2D eigenvalue weighted by molar-refractivity contribution is 5.85. The normalized spacial score (nSPS) is 13.7. The van der Waals surface area contributed by atoms with E-state index in [1.807, 2.05) is 0 Å². The van der Waals surface area contributed by atoms with Crippen molar-refractivity contribution >= 4 is 39.5 Å². The molecule has 8 rings (SSSR count). The molecule has 6 aromatic rings. The van der Waals surface area contributed by atoms with Gasteiger partial charge in [-0.2, -0.15) is 0 Å². The first-order valence-electron chi connectivity index (χ1n) is 15.8. The molecule has 0 unspecified atom stereocenters. The molecule has 0 atom stereocenters. The number of nitro benzene ring substituents is 3. The summed E-state index contributed by atoms with van der Waals surface area (Å²) in [6.45, 7) is 0. The number of nitrogens with one attached hydrogen (secondary N) is 4.